The van der Waals surface area contributed by atoms with Crippen molar-refractivity contribution in [1.29, 1.82) is 0 Å². The van der Waals surface area contributed by atoms with E-state index in [4.69, 9.17) is 10.4 Å². The third-order valence-electron chi connectivity index (χ3n) is 6.42. The fourth-order valence-electron chi connectivity index (χ4n) is 5.08. The standard InChI is InChI=1S/C18H30BN2O4/c1-17(2,3)14(15(23)19-25-10-20)16(24)21-8-11-6-18(4-5-18)7-12(11)13(21)9-22/h11-14,22H,4-10,20H2,1-3H3/t11-,12-,13+,14+/m0/s1. The smallest absolute Gasteiger partial charge is 0.378 e. The van der Waals surface area contributed by atoms with Gasteiger partial charge < -0.3 is 25.2 Å². The second-order valence-electron chi connectivity index (χ2n) is 9.23. The molecule has 3 fully saturated rings. The van der Waals surface area contributed by atoms with E-state index in [1.54, 1.807) is 4.90 Å². The quantitative estimate of drug-likeness (QED) is 0.419. The van der Waals surface area contributed by atoms with Crippen molar-refractivity contribution >= 4 is 19.1 Å². The Balaban J connectivity index is 1.76. The van der Waals surface area contributed by atoms with Crippen molar-refractivity contribution in [2.45, 2.75) is 52.5 Å². The van der Waals surface area contributed by atoms with Crippen molar-refractivity contribution in [3.8, 4) is 0 Å². The Morgan fingerprint density at radius 3 is 2.56 bits per heavy atom. The normalized spacial score (nSPS) is 31.1. The van der Waals surface area contributed by atoms with Gasteiger partial charge >= 0.3 is 7.48 Å². The molecule has 0 aromatic carbocycles. The first-order valence-corrected chi connectivity index (χ1v) is 9.32. The lowest BCUT2D eigenvalue weighted by Gasteiger charge is -2.35. The van der Waals surface area contributed by atoms with Gasteiger partial charge in [0.2, 0.25) is 5.91 Å². The Morgan fingerprint density at radius 1 is 1.36 bits per heavy atom. The molecular formula is C18H30BN2O4. The number of rotatable bonds is 6. The van der Waals surface area contributed by atoms with Crippen LogP contribution < -0.4 is 5.73 Å². The maximum atomic E-state index is 13.3. The van der Waals surface area contributed by atoms with Crippen LogP contribution in [0.15, 0.2) is 0 Å². The Morgan fingerprint density at radius 2 is 2.04 bits per heavy atom. The van der Waals surface area contributed by atoms with Gasteiger partial charge in [0.25, 0.3) is 0 Å². The number of fused-ring (bicyclic) bond motifs is 1. The SMILES string of the molecule is CC(C)(C)[C@H](C(=O)[B]OCN)C(=O)N1C[C@@H]2CC3(CC3)C[C@@H]2[C@H]1CO. The highest BCUT2D eigenvalue weighted by Gasteiger charge is 2.59. The number of carbonyl (C=O) groups is 2. The highest BCUT2D eigenvalue weighted by atomic mass is 16.4. The van der Waals surface area contributed by atoms with Gasteiger partial charge in [0, 0.05) is 6.54 Å². The number of aliphatic hydroxyl groups excluding tert-OH is 1. The second-order valence-corrected chi connectivity index (χ2v) is 9.23. The van der Waals surface area contributed by atoms with E-state index in [-0.39, 0.29) is 31.0 Å². The van der Waals surface area contributed by atoms with Crippen LogP contribution in [0.3, 0.4) is 0 Å². The summed E-state index contributed by atoms with van der Waals surface area (Å²) in [6.07, 6.45) is 4.86. The van der Waals surface area contributed by atoms with Crippen molar-refractivity contribution in [3.63, 3.8) is 0 Å². The summed E-state index contributed by atoms with van der Waals surface area (Å²) in [4.78, 5) is 27.6. The molecule has 1 amide bonds. The fraction of sp³-hybridized carbons (Fsp3) is 0.889. The zero-order valence-electron chi connectivity index (χ0n) is 15.5. The third kappa shape index (κ3) is 3.51. The number of carbonyl (C=O) groups excluding carboxylic acids is 2. The number of aliphatic hydroxyl groups is 1. The molecule has 1 saturated heterocycles. The van der Waals surface area contributed by atoms with E-state index in [1.807, 2.05) is 20.8 Å². The van der Waals surface area contributed by atoms with Crippen LogP contribution in [0.5, 0.6) is 0 Å². The van der Waals surface area contributed by atoms with Gasteiger partial charge in [-0.25, -0.2) is 0 Å². The number of likely N-dealkylation sites (tertiary alicyclic amines) is 1. The molecule has 6 nitrogen and oxygen atoms in total. The maximum Gasteiger partial charge on any atom is 0.378 e. The Labute approximate surface area is 150 Å². The number of nitrogens with two attached hydrogens (primary N) is 1. The molecule has 3 rings (SSSR count). The van der Waals surface area contributed by atoms with Crippen LogP contribution in [-0.2, 0) is 14.2 Å². The minimum Gasteiger partial charge on any atom is -0.419 e. The molecule has 3 aliphatic rings. The molecule has 0 unspecified atom stereocenters. The maximum absolute atomic E-state index is 13.3. The number of nitrogens with zero attached hydrogens (tertiary/aromatic N) is 1. The summed E-state index contributed by atoms with van der Waals surface area (Å²) in [5.74, 6) is -0.172. The monoisotopic (exact) mass is 349 g/mol. The third-order valence-corrected chi connectivity index (χ3v) is 6.42. The Hall–Kier alpha value is -0.915. The zero-order chi connectivity index (χ0) is 18.4. The van der Waals surface area contributed by atoms with Crippen molar-refractivity contribution < 1.29 is 19.3 Å². The van der Waals surface area contributed by atoms with Crippen LogP contribution in [-0.4, -0.2) is 55.0 Å². The number of hydrogen-bond donors (Lipinski definition) is 2. The molecule has 2 saturated carbocycles. The lowest BCUT2D eigenvalue weighted by Crippen LogP contribution is -2.50. The van der Waals surface area contributed by atoms with Gasteiger partial charge in [0.15, 0.2) is 0 Å². The van der Waals surface area contributed by atoms with Gasteiger partial charge in [-0.1, -0.05) is 20.8 Å². The highest BCUT2D eigenvalue weighted by molar-refractivity contribution is 6.70. The van der Waals surface area contributed by atoms with Crippen LogP contribution in [0, 0.1) is 28.6 Å². The number of amides is 1. The van der Waals surface area contributed by atoms with E-state index in [0.29, 0.717) is 23.8 Å². The lowest BCUT2D eigenvalue weighted by molar-refractivity contribution is -0.145. The van der Waals surface area contributed by atoms with Crippen LogP contribution in [0.1, 0.15) is 46.5 Å². The first-order valence-electron chi connectivity index (χ1n) is 9.32. The van der Waals surface area contributed by atoms with Gasteiger partial charge in [0.05, 0.1) is 25.3 Å². The lowest BCUT2D eigenvalue weighted by atomic mass is 9.69. The van der Waals surface area contributed by atoms with Crippen molar-refractivity contribution in [2.24, 2.45) is 34.3 Å². The van der Waals surface area contributed by atoms with Crippen molar-refractivity contribution in [2.75, 3.05) is 19.9 Å². The summed E-state index contributed by atoms with van der Waals surface area (Å²) in [5, 5.41) is 9.96. The van der Waals surface area contributed by atoms with E-state index in [0.717, 1.165) is 20.3 Å². The second kappa shape index (κ2) is 6.67. The topological polar surface area (TPSA) is 92.9 Å². The first kappa shape index (κ1) is 18.9. The van der Waals surface area contributed by atoms with Crippen molar-refractivity contribution in [3.05, 3.63) is 0 Å². The molecule has 1 radical (unpaired) electrons. The molecule has 1 aliphatic heterocycles. The molecule has 2 aliphatic carbocycles. The summed E-state index contributed by atoms with van der Waals surface area (Å²) in [6.45, 7) is 6.19. The van der Waals surface area contributed by atoms with Gasteiger partial charge in [-0.3, -0.25) is 4.79 Å². The van der Waals surface area contributed by atoms with Gasteiger partial charge in [-0.15, -0.1) is 0 Å². The van der Waals surface area contributed by atoms with E-state index < -0.39 is 11.3 Å². The summed E-state index contributed by atoms with van der Waals surface area (Å²) in [5.41, 5.74) is 4.91. The first-order chi connectivity index (χ1) is 11.7. The molecule has 1 spiro atoms. The fourth-order valence-corrected chi connectivity index (χ4v) is 5.08. The average Bonchev–Trinajstić information content (AvgIpc) is 3.04. The summed E-state index contributed by atoms with van der Waals surface area (Å²) in [7, 11) is 1.07. The average molecular weight is 349 g/mol. The van der Waals surface area contributed by atoms with Crippen LogP contribution in [0.4, 0.5) is 0 Å². The molecule has 0 aromatic rings. The molecule has 25 heavy (non-hydrogen) atoms. The summed E-state index contributed by atoms with van der Waals surface area (Å²) < 4.78 is 4.93. The molecule has 4 atom stereocenters. The van der Waals surface area contributed by atoms with Gasteiger partial charge in [-0.2, -0.15) is 0 Å². The van der Waals surface area contributed by atoms with E-state index in [1.165, 1.54) is 12.8 Å². The molecule has 0 aromatic heterocycles. The van der Waals surface area contributed by atoms with Crippen LogP contribution >= 0.6 is 0 Å². The molecular weight excluding hydrogens is 319 g/mol. The van der Waals surface area contributed by atoms with Gasteiger partial charge in [-0.05, 0) is 48.3 Å². The predicted molar refractivity (Wildman–Crippen MR) is 94.3 cm³/mol. The zero-order valence-corrected chi connectivity index (χ0v) is 15.5. The van der Waals surface area contributed by atoms with Crippen molar-refractivity contribution in [1.82, 2.24) is 4.90 Å². The Bertz CT molecular complexity index is 544. The van der Waals surface area contributed by atoms with E-state index >= 15 is 0 Å². The van der Waals surface area contributed by atoms with E-state index in [2.05, 4.69) is 0 Å². The largest absolute Gasteiger partial charge is 0.419 e. The Kier molecular flexibility index (Phi) is 5.03. The minimum atomic E-state index is -0.818. The predicted octanol–water partition coefficient (Wildman–Crippen LogP) is 0.737. The molecule has 0 bridgehead atoms. The molecule has 1 heterocycles. The molecule has 7 heteroatoms. The number of hydrogen-bond acceptors (Lipinski definition) is 5. The van der Waals surface area contributed by atoms with Crippen LogP contribution in [0.2, 0.25) is 0 Å². The summed E-state index contributed by atoms with van der Waals surface area (Å²) >= 11 is 0. The van der Waals surface area contributed by atoms with Crippen LogP contribution in [0.25, 0.3) is 0 Å². The van der Waals surface area contributed by atoms with E-state index in [9.17, 15) is 14.7 Å². The molecule has 139 valence electrons. The molecule has 3 N–H and O–H groups in total. The van der Waals surface area contributed by atoms with Gasteiger partial charge in [0.1, 0.15) is 5.68 Å². The highest BCUT2D eigenvalue weighted by Crippen LogP contribution is 2.64. The minimum absolute atomic E-state index is 0.0307. The summed E-state index contributed by atoms with van der Waals surface area (Å²) in [6, 6.07) is -0.162.